The molecule has 0 amide bonds. The molecule has 0 unspecified atom stereocenters. The molecule has 0 fully saturated rings. The third-order valence-corrected chi connectivity index (χ3v) is 2.34. The summed E-state index contributed by atoms with van der Waals surface area (Å²) in [5.74, 6) is -0.952. The number of benzene rings is 1. The molecule has 1 rings (SSSR count). The molecule has 4 heteroatoms. The number of hydrogen-bond acceptors (Lipinski definition) is 4. The van der Waals surface area contributed by atoms with Gasteiger partial charge in [0, 0.05) is 0 Å². The van der Waals surface area contributed by atoms with Crippen LogP contribution in [-0.4, -0.2) is 26.2 Å². The lowest BCUT2D eigenvalue weighted by molar-refractivity contribution is -0.133. The van der Waals surface area contributed by atoms with Crippen LogP contribution in [0.1, 0.15) is 29.8 Å². The molecular weight excluding hydrogens is 244 g/mol. The largest absolute Gasteiger partial charge is 0.465 e. The highest BCUT2D eigenvalue weighted by molar-refractivity contribution is 6.16. The van der Waals surface area contributed by atoms with E-state index in [1.54, 1.807) is 24.3 Å². The third-order valence-electron chi connectivity index (χ3n) is 2.34. The Morgan fingerprint density at radius 1 is 1.05 bits per heavy atom. The van der Waals surface area contributed by atoms with Crippen molar-refractivity contribution in [1.29, 1.82) is 0 Å². The number of carbonyl (C=O) groups excluding carboxylic acids is 2. The van der Waals surface area contributed by atoms with Gasteiger partial charge in [-0.15, -0.1) is 5.73 Å². The molecule has 0 aliphatic carbocycles. The van der Waals surface area contributed by atoms with Crippen LogP contribution in [0.4, 0.5) is 0 Å². The second-order valence-electron chi connectivity index (χ2n) is 4.06. The number of esters is 2. The molecule has 0 radical (unpaired) electrons. The Bertz CT molecular complexity index is 559. The molecule has 1 aromatic carbocycles. The van der Waals surface area contributed by atoms with Gasteiger partial charge in [0.15, 0.2) is 0 Å². The van der Waals surface area contributed by atoms with Crippen LogP contribution in [-0.2, 0) is 14.3 Å². The quantitative estimate of drug-likeness (QED) is 0.476. The van der Waals surface area contributed by atoms with Crippen molar-refractivity contribution in [3.05, 3.63) is 46.7 Å². The van der Waals surface area contributed by atoms with Gasteiger partial charge in [-0.05, 0) is 37.1 Å². The van der Waals surface area contributed by atoms with Crippen LogP contribution >= 0.6 is 0 Å². The van der Waals surface area contributed by atoms with Crippen molar-refractivity contribution < 1.29 is 19.1 Å². The van der Waals surface area contributed by atoms with E-state index < -0.39 is 11.9 Å². The van der Waals surface area contributed by atoms with Gasteiger partial charge < -0.3 is 9.47 Å². The number of carbonyl (C=O) groups is 2. The van der Waals surface area contributed by atoms with Crippen molar-refractivity contribution in [2.45, 2.75) is 13.8 Å². The van der Waals surface area contributed by atoms with Gasteiger partial charge in [0.1, 0.15) is 5.57 Å². The Balaban J connectivity index is 3.37. The van der Waals surface area contributed by atoms with Crippen molar-refractivity contribution in [3.63, 3.8) is 0 Å². The molecule has 0 spiro atoms. The summed E-state index contributed by atoms with van der Waals surface area (Å²) < 4.78 is 9.38. The number of methoxy groups -OCH3 is 2. The summed E-state index contributed by atoms with van der Waals surface area (Å²) in [6, 6.07) is 6.59. The SMILES string of the molecule is COC(=O)C(=C=C(C)C)c1cccc(C(=O)OC)c1. The number of rotatable bonds is 3. The molecule has 0 aliphatic heterocycles. The van der Waals surface area contributed by atoms with Crippen LogP contribution in [0.2, 0.25) is 0 Å². The lowest BCUT2D eigenvalue weighted by Crippen LogP contribution is -2.06. The highest BCUT2D eigenvalue weighted by Gasteiger charge is 2.14. The molecule has 19 heavy (non-hydrogen) atoms. The van der Waals surface area contributed by atoms with Crippen molar-refractivity contribution in [2.24, 2.45) is 0 Å². The van der Waals surface area contributed by atoms with Crippen LogP contribution in [0.5, 0.6) is 0 Å². The monoisotopic (exact) mass is 260 g/mol. The van der Waals surface area contributed by atoms with Gasteiger partial charge in [-0.1, -0.05) is 12.1 Å². The summed E-state index contributed by atoms with van der Waals surface area (Å²) >= 11 is 0. The van der Waals surface area contributed by atoms with Crippen molar-refractivity contribution in [2.75, 3.05) is 14.2 Å². The van der Waals surface area contributed by atoms with E-state index in [2.05, 4.69) is 10.5 Å². The fourth-order valence-corrected chi connectivity index (χ4v) is 1.51. The summed E-state index contributed by atoms with van der Waals surface area (Å²) in [7, 11) is 2.61. The first-order valence-corrected chi connectivity index (χ1v) is 5.70. The van der Waals surface area contributed by atoms with Gasteiger partial charge in [0.25, 0.3) is 0 Å². The third kappa shape index (κ3) is 3.83. The molecule has 0 bridgehead atoms. The average molecular weight is 260 g/mol. The maximum atomic E-state index is 11.7. The number of ether oxygens (including phenoxy) is 2. The van der Waals surface area contributed by atoms with E-state index in [-0.39, 0.29) is 5.57 Å². The van der Waals surface area contributed by atoms with Crippen molar-refractivity contribution in [3.8, 4) is 0 Å². The molecule has 0 atom stereocenters. The Labute approximate surface area is 112 Å². The molecule has 100 valence electrons. The zero-order valence-corrected chi connectivity index (χ0v) is 11.4. The summed E-state index contributed by atoms with van der Waals surface area (Å²) in [5, 5.41) is 0. The molecule has 0 saturated heterocycles. The highest BCUT2D eigenvalue weighted by Crippen LogP contribution is 2.17. The average Bonchev–Trinajstić information content (AvgIpc) is 2.43. The molecule has 0 heterocycles. The molecule has 0 saturated carbocycles. The highest BCUT2D eigenvalue weighted by atomic mass is 16.5. The fraction of sp³-hybridized carbons (Fsp3) is 0.267. The van der Waals surface area contributed by atoms with E-state index in [4.69, 9.17) is 4.74 Å². The summed E-state index contributed by atoms with van der Waals surface area (Å²) in [6.07, 6.45) is 0. The first-order chi connectivity index (χ1) is 8.99. The zero-order valence-electron chi connectivity index (χ0n) is 11.4. The van der Waals surface area contributed by atoms with Crippen LogP contribution in [0.15, 0.2) is 35.6 Å². The lowest BCUT2D eigenvalue weighted by Gasteiger charge is -2.05. The summed E-state index contributed by atoms with van der Waals surface area (Å²) in [6.45, 7) is 3.65. The van der Waals surface area contributed by atoms with E-state index in [1.807, 2.05) is 13.8 Å². The van der Waals surface area contributed by atoms with Crippen LogP contribution in [0, 0.1) is 0 Å². The van der Waals surface area contributed by atoms with E-state index in [0.29, 0.717) is 11.1 Å². The van der Waals surface area contributed by atoms with Gasteiger partial charge in [-0.2, -0.15) is 0 Å². The Hall–Kier alpha value is -2.32. The number of hydrogen-bond donors (Lipinski definition) is 0. The van der Waals surface area contributed by atoms with E-state index in [9.17, 15) is 9.59 Å². The Kier molecular flexibility index (Phi) is 5.10. The Morgan fingerprint density at radius 3 is 2.21 bits per heavy atom. The van der Waals surface area contributed by atoms with E-state index in [1.165, 1.54) is 14.2 Å². The first kappa shape index (κ1) is 14.7. The lowest BCUT2D eigenvalue weighted by atomic mass is 10.0. The van der Waals surface area contributed by atoms with Gasteiger partial charge >= 0.3 is 11.9 Å². The van der Waals surface area contributed by atoms with Crippen molar-refractivity contribution in [1.82, 2.24) is 0 Å². The van der Waals surface area contributed by atoms with E-state index >= 15 is 0 Å². The maximum Gasteiger partial charge on any atom is 0.346 e. The van der Waals surface area contributed by atoms with Gasteiger partial charge in [-0.3, -0.25) is 0 Å². The molecule has 4 nitrogen and oxygen atoms in total. The van der Waals surface area contributed by atoms with Crippen LogP contribution in [0.3, 0.4) is 0 Å². The second-order valence-corrected chi connectivity index (χ2v) is 4.06. The standard InChI is InChI=1S/C15H16O4/c1-10(2)8-13(15(17)19-4)11-6-5-7-12(9-11)14(16)18-3/h5-7,9H,1-4H3. The van der Waals surface area contributed by atoms with E-state index in [0.717, 1.165) is 5.57 Å². The smallest absolute Gasteiger partial charge is 0.346 e. The molecule has 0 aromatic heterocycles. The van der Waals surface area contributed by atoms with Gasteiger partial charge in [0.05, 0.1) is 19.8 Å². The second kappa shape index (κ2) is 6.57. The Morgan fingerprint density at radius 2 is 1.68 bits per heavy atom. The van der Waals surface area contributed by atoms with Gasteiger partial charge in [0.2, 0.25) is 0 Å². The topological polar surface area (TPSA) is 52.6 Å². The minimum absolute atomic E-state index is 0.285. The maximum absolute atomic E-state index is 11.7. The van der Waals surface area contributed by atoms with Crippen LogP contribution < -0.4 is 0 Å². The molecule has 0 aliphatic rings. The summed E-state index contributed by atoms with van der Waals surface area (Å²) in [5.41, 5.74) is 5.00. The predicted octanol–water partition coefficient (Wildman–Crippen LogP) is 2.59. The molecule has 1 aromatic rings. The summed E-state index contributed by atoms with van der Waals surface area (Å²) in [4.78, 5) is 23.2. The normalized spacial score (nSPS) is 9.26. The van der Waals surface area contributed by atoms with Crippen LogP contribution in [0.25, 0.3) is 5.57 Å². The molecule has 0 N–H and O–H groups in total. The van der Waals surface area contributed by atoms with Crippen molar-refractivity contribution >= 4 is 17.5 Å². The minimum atomic E-state index is -0.497. The molecular formula is C15H16O4. The fourth-order valence-electron chi connectivity index (χ4n) is 1.51. The minimum Gasteiger partial charge on any atom is -0.465 e. The van der Waals surface area contributed by atoms with Gasteiger partial charge in [-0.25, -0.2) is 9.59 Å². The predicted molar refractivity (Wildman–Crippen MR) is 71.6 cm³/mol. The zero-order chi connectivity index (χ0) is 14.4. The first-order valence-electron chi connectivity index (χ1n) is 5.70.